The van der Waals surface area contributed by atoms with Crippen LogP contribution in [-0.4, -0.2) is 0 Å². The maximum absolute atomic E-state index is 15.6. The van der Waals surface area contributed by atoms with Crippen LogP contribution < -0.4 is 4.57 Å². The lowest BCUT2D eigenvalue weighted by Crippen LogP contribution is -2.30. The highest BCUT2D eigenvalue weighted by molar-refractivity contribution is 6.10. The fourth-order valence-corrected chi connectivity index (χ4v) is 4.79. The molecule has 0 fully saturated rings. The molecule has 0 saturated carbocycles. The Labute approximate surface area is 197 Å². The molecule has 3 heteroatoms. The average Bonchev–Trinajstić information content (AvgIpc) is 3.24. The molecule has 2 nitrogen and oxygen atoms in total. The Bertz CT molecular complexity index is 1680. The van der Waals surface area contributed by atoms with Crippen molar-refractivity contribution in [2.45, 2.75) is 6.92 Å². The molecule has 34 heavy (non-hydrogen) atoms. The minimum absolute atomic E-state index is 0.274. The lowest BCUT2D eigenvalue weighted by Gasteiger charge is -2.07. The minimum Gasteiger partial charge on any atom is -0.455 e. The molecule has 0 spiro atoms. The third-order valence-electron chi connectivity index (χ3n) is 6.52. The van der Waals surface area contributed by atoms with Crippen LogP contribution in [-0.2, 0) is 7.05 Å². The topological polar surface area (TPSA) is 17.0 Å². The minimum atomic E-state index is -0.274. The monoisotopic (exact) mass is 444 g/mol. The third-order valence-corrected chi connectivity index (χ3v) is 6.52. The zero-order valence-electron chi connectivity index (χ0n) is 19.0. The molecule has 0 aliphatic heterocycles. The average molecular weight is 445 g/mol. The molecule has 2 aromatic heterocycles. The van der Waals surface area contributed by atoms with E-state index in [0.717, 1.165) is 44.5 Å². The van der Waals surface area contributed by atoms with Crippen molar-refractivity contribution in [3.63, 3.8) is 0 Å². The van der Waals surface area contributed by atoms with Crippen LogP contribution >= 0.6 is 0 Å². The fraction of sp³-hybridized carbons (Fsp3) is 0.0645. The van der Waals surface area contributed by atoms with Crippen LogP contribution in [0.1, 0.15) is 5.56 Å². The van der Waals surface area contributed by atoms with E-state index in [2.05, 4.69) is 41.8 Å². The summed E-state index contributed by atoms with van der Waals surface area (Å²) in [5.74, 6) is -0.274. The van der Waals surface area contributed by atoms with Crippen LogP contribution in [0.25, 0.3) is 55.4 Å². The normalized spacial score (nSPS) is 11.4. The summed E-state index contributed by atoms with van der Waals surface area (Å²) in [5, 5.41) is 1.32. The Morgan fingerprint density at radius 2 is 1.44 bits per heavy atom. The van der Waals surface area contributed by atoms with Gasteiger partial charge >= 0.3 is 0 Å². The van der Waals surface area contributed by atoms with Gasteiger partial charge in [-0.2, -0.15) is 0 Å². The summed E-state index contributed by atoms with van der Waals surface area (Å²) in [7, 11) is 2.01. The van der Waals surface area contributed by atoms with Crippen molar-refractivity contribution in [3.8, 4) is 33.5 Å². The molecule has 0 radical (unpaired) electrons. The highest BCUT2D eigenvalue weighted by Crippen LogP contribution is 2.40. The summed E-state index contributed by atoms with van der Waals surface area (Å²) < 4.78 is 24.0. The number of nitrogens with zero attached hydrogens (tertiary/aromatic N) is 1. The number of aryl methyl sites for hydroxylation is 2. The number of aromatic nitrogens is 1. The van der Waals surface area contributed by atoms with Gasteiger partial charge in [-0.3, -0.25) is 0 Å². The number of rotatable bonds is 3. The molecule has 0 aliphatic rings. The summed E-state index contributed by atoms with van der Waals surface area (Å²) in [6.07, 6.45) is 2.01. The number of furan rings is 1. The van der Waals surface area contributed by atoms with Crippen molar-refractivity contribution in [2.24, 2.45) is 7.05 Å². The summed E-state index contributed by atoms with van der Waals surface area (Å²) in [6, 6.07) is 32.0. The van der Waals surface area contributed by atoms with E-state index in [1.54, 1.807) is 6.07 Å². The highest BCUT2D eigenvalue weighted by Gasteiger charge is 2.22. The van der Waals surface area contributed by atoms with E-state index in [9.17, 15) is 0 Å². The summed E-state index contributed by atoms with van der Waals surface area (Å²) >= 11 is 0. The van der Waals surface area contributed by atoms with Crippen LogP contribution in [0.2, 0.25) is 0 Å². The highest BCUT2D eigenvalue weighted by atomic mass is 19.1. The van der Waals surface area contributed by atoms with Crippen LogP contribution in [0.3, 0.4) is 0 Å². The maximum Gasteiger partial charge on any atom is 0.216 e. The van der Waals surface area contributed by atoms with Crippen LogP contribution in [0.4, 0.5) is 4.39 Å². The quantitative estimate of drug-likeness (QED) is 0.254. The predicted molar refractivity (Wildman–Crippen MR) is 136 cm³/mol. The molecule has 6 rings (SSSR count). The van der Waals surface area contributed by atoms with Gasteiger partial charge in [-0.1, -0.05) is 60.7 Å². The number of benzene rings is 4. The number of hydrogen-bond acceptors (Lipinski definition) is 1. The number of pyridine rings is 1. The second kappa shape index (κ2) is 7.96. The van der Waals surface area contributed by atoms with Gasteiger partial charge in [-0.15, -0.1) is 0 Å². The molecule has 2 heterocycles. The van der Waals surface area contributed by atoms with Crippen molar-refractivity contribution in [1.82, 2.24) is 0 Å². The maximum atomic E-state index is 15.6. The van der Waals surface area contributed by atoms with Gasteiger partial charge in [-0.25, -0.2) is 8.96 Å². The first-order valence-corrected chi connectivity index (χ1v) is 11.4. The van der Waals surface area contributed by atoms with Crippen LogP contribution in [0, 0.1) is 12.7 Å². The summed E-state index contributed by atoms with van der Waals surface area (Å²) in [6.45, 7) is 2.06. The molecule has 164 valence electrons. The summed E-state index contributed by atoms with van der Waals surface area (Å²) in [5.41, 5.74) is 8.35. The Morgan fingerprint density at radius 1 is 0.706 bits per heavy atom. The van der Waals surface area contributed by atoms with E-state index in [1.807, 2.05) is 73.9 Å². The molecule has 4 aromatic carbocycles. The summed E-state index contributed by atoms with van der Waals surface area (Å²) in [4.78, 5) is 0. The van der Waals surface area contributed by atoms with Gasteiger partial charge in [0.25, 0.3) is 0 Å². The molecule has 6 aromatic rings. The Kier molecular flexibility index (Phi) is 4.77. The number of halogens is 1. The Balaban J connectivity index is 1.56. The first kappa shape index (κ1) is 20.4. The van der Waals surface area contributed by atoms with Gasteiger partial charge in [0.1, 0.15) is 24.0 Å². The van der Waals surface area contributed by atoms with Gasteiger partial charge < -0.3 is 4.42 Å². The smallest absolute Gasteiger partial charge is 0.216 e. The van der Waals surface area contributed by atoms with Crippen molar-refractivity contribution in [2.75, 3.05) is 0 Å². The van der Waals surface area contributed by atoms with Gasteiger partial charge in [0.05, 0.1) is 10.9 Å². The van der Waals surface area contributed by atoms with E-state index in [-0.39, 0.29) is 5.82 Å². The second-order valence-electron chi connectivity index (χ2n) is 8.71. The van der Waals surface area contributed by atoms with Crippen molar-refractivity contribution in [1.29, 1.82) is 0 Å². The zero-order valence-corrected chi connectivity index (χ0v) is 19.0. The van der Waals surface area contributed by atoms with Crippen LogP contribution in [0.5, 0.6) is 0 Å². The third kappa shape index (κ3) is 3.29. The Hall–Kier alpha value is -4.24. The molecule has 0 amide bonds. The van der Waals surface area contributed by atoms with Crippen molar-refractivity contribution >= 4 is 21.9 Å². The Morgan fingerprint density at radius 3 is 2.24 bits per heavy atom. The van der Waals surface area contributed by atoms with E-state index < -0.39 is 0 Å². The molecular formula is C31H23FNO+. The van der Waals surface area contributed by atoms with Crippen LogP contribution in [0.15, 0.2) is 108 Å². The molecule has 0 atom stereocenters. The van der Waals surface area contributed by atoms with Gasteiger partial charge in [0.2, 0.25) is 5.69 Å². The molecule has 0 aliphatic carbocycles. The van der Waals surface area contributed by atoms with Gasteiger partial charge in [0.15, 0.2) is 6.20 Å². The largest absolute Gasteiger partial charge is 0.455 e. The molecule has 0 saturated heterocycles. The lowest BCUT2D eigenvalue weighted by atomic mass is 9.97. The van der Waals surface area contributed by atoms with E-state index >= 15 is 4.39 Å². The second-order valence-corrected chi connectivity index (χ2v) is 8.71. The molecule has 0 unspecified atom stereocenters. The number of fused-ring (bicyclic) bond motifs is 3. The van der Waals surface area contributed by atoms with Gasteiger partial charge in [-0.05, 0) is 59.0 Å². The van der Waals surface area contributed by atoms with E-state index in [1.165, 1.54) is 0 Å². The SMILES string of the molecule is Cc1ccc2c(oc3cc(-c4cccc(-c5ccccc5)c4)cc(F)c32)c1-c1cccc[n+]1C. The fourth-order valence-electron chi connectivity index (χ4n) is 4.79. The van der Waals surface area contributed by atoms with Gasteiger partial charge in [0, 0.05) is 17.5 Å². The first-order valence-electron chi connectivity index (χ1n) is 11.4. The molecule has 0 N–H and O–H groups in total. The van der Waals surface area contributed by atoms with E-state index in [4.69, 9.17) is 4.42 Å². The van der Waals surface area contributed by atoms with Crippen molar-refractivity contribution < 1.29 is 13.4 Å². The number of hydrogen-bond donors (Lipinski definition) is 0. The lowest BCUT2D eigenvalue weighted by molar-refractivity contribution is -0.660. The van der Waals surface area contributed by atoms with Crippen molar-refractivity contribution in [3.05, 3.63) is 115 Å². The molecular weight excluding hydrogens is 421 g/mol. The van der Waals surface area contributed by atoms with E-state index in [0.29, 0.717) is 16.6 Å². The zero-order chi connectivity index (χ0) is 23.2. The predicted octanol–water partition coefficient (Wildman–Crippen LogP) is 7.86. The standard InChI is InChI=1S/C31H23FNO/c1-20-14-15-25-30-26(32)18-24(23-12-8-11-22(17-23)21-9-4-3-5-10-21)19-28(30)34-31(25)29(20)27-13-6-7-16-33(27)2/h3-19H,1-2H3/q+1. The molecule has 0 bridgehead atoms. The first-order chi connectivity index (χ1) is 16.6.